The molecule has 2 atom stereocenters. The number of carbonyl (C=O) groups is 2. The Morgan fingerprint density at radius 2 is 1.80 bits per heavy atom. The van der Waals surface area contributed by atoms with E-state index in [0.717, 1.165) is 11.6 Å². The molecule has 9 heteroatoms. The zero-order chi connectivity index (χ0) is 21.7. The minimum atomic E-state index is -1.41. The molecule has 156 valence electrons. The molecule has 0 bridgehead atoms. The third-order valence-electron chi connectivity index (χ3n) is 4.34. The smallest absolute Gasteiger partial charge is 0.407 e. The fraction of sp³-hybridized carbons (Fsp3) is 0.190. The molecule has 2 aromatic carbocycles. The molecule has 0 fully saturated rings. The van der Waals surface area contributed by atoms with Crippen molar-refractivity contribution in [2.45, 2.75) is 18.8 Å². The van der Waals surface area contributed by atoms with Crippen LogP contribution in [0.2, 0.25) is 0 Å². The molecule has 30 heavy (non-hydrogen) atoms. The predicted molar refractivity (Wildman–Crippen MR) is 105 cm³/mol. The minimum Gasteiger partial charge on any atom is -0.475 e. The Labute approximate surface area is 170 Å². The number of alkyl carbamates (subject to hydrolysis) is 1. The van der Waals surface area contributed by atoms with Gasteiger partial charge in [-0.25, -0.2) is 9.59 Å². The second-order valence-electron chi connectivity index (χ2n) is 6.49. The van der Waals surface area contributed by atoms with Crippen LogP contribution in [0.4, 0.5) is 4.79 Å². The topological polar surface area (TPSA) is 146 Å². The first-order valence-corrected chi connectivity index (χ1v) is 8.97. The van der Waals surface area contributed by atoms with Gasteiger partial charge in [0, 0.05) is 12.6 Å². The molecule has 9 nitrogen and oxygen atoms in total. The van der Waals surface area contributed by atoms with Crippen LogP contribution in [-0.4, -0.2) is 40.0 Å². The lowest BCUT2D eigenvalue weighted by Crippen LogP contribution is -2.35. The number of hydrogen-bond acceptors (Lipinski definition) is 7. The van der Waals surface area contributed by atoms with Crippen molar-refractivity contribution in [1.82, 2.24) is 5.32 Å². The van der Waals surface area contributed by atoms with Gasteiger partial charge in [-0.3, -0.25) is 4.79 Å². The summed E-state index contributed by atoms with van der Waals surface area (Å²) in [7, 11) is 0. The van der Waals surface area contributed by atoms with E-state index in [2.05, 4.69) is 5.32 Å². The van der Waals surface area contributed by atoms with Crippen molar-refractivity contribution in [1.29, 1.82) is 0 Å². The van der Waals surface area contributed by atoms with E-state index >= 15 is 0 Å². The van der Waals surface area contributed by atoms with E-state index in [1.807, 2.05) is 18.2 Å². The summed E-state index contributed by atoms with van der Waals surface area (Å²) in [6.07, 6.45) is -3.55. The second kappa shape index (κ2) is 9.21. The van der Waals surface area contributed by atoms with E-state index in [4.69, 9.17) is 14.3 Å². The summed E-state index contributed by atoms with van der Waals surface area (Å²) in [5, 5.41) is 31.8. The van der Waals surface area contributed by atoms with Gasteiger partial charge < -0.3 is 29.8 Å². The Morgan fingerprint density at radius 3 is 2.50 bits per heavy atom. The van der Waals surface area contributed by atoms with E-state index in [1.54, 1.807) is 12.1 Å². The number of hydrogen-bond donors (Lipinski definition) is 4. The standard InChI is InChI=1S/C21H19NO8/c23-15-9-18(20(26)27)30-17-7-6-13(8-14(15)17)19(25)16(24)10-22-21(28)29-11-12-4-2-1-3-5-12/h1-9,16,19,24-25H,10-11H2,(H,22,28)(H,26,27). The first-order chi connectivity index (χ1) is 14.3. The van der Waals surface area contributed by atoms with Gasteiger partial charge in [-0.2, -0.15) is 0 Å². The molecule has 0 aliphatic rings. The number of aromatic carboxylic acids is 1. The minimum absolute atomic E-state index is 0.0351. The highest BCUT2D eigenvalue weighted by Crippen LogP contribution is 2.21. The Hall–Kier alpha value is -3.69. The third kappa shape index (κ3) is 5.02. The highest BCUT2D eigenvalue weighted by molar-refractivity contribution is 5.87. The van der Waals surface area contributed by atoms with Crippen molar-refractivity contribution in [2.75, 3.05) is 6.54 Å². The van der Waals surface area contributed by atoms with E-state index in [0.29, 0.717) is 0 Å². The first kappa shape index (κ1) is 21.0. The normalized spacial score (nSPS) is 12.9. The van der Waals surface area contributed by atoms with E-state index in [-0.39, 0.29) is 29.7 Å². The fourth-order valence-corrected chi connectivity index (χ4v) is 2.76. The summed E-state index contributed by atoms with van der Waals surface area (Å²) in [4.78, 5) is 34.8. The lowest BCUT2D eigenvalue weighted by Gasteiger charge is -2.19. The molecule has 4 N–H and O–H groups in total. The number of ether oxygens (including phenoxy) is 1. The fourth-order valence-electron chi connectivity index (χ4n) is 2.76. The Bertz CT molecular complexity index is 1110. The van der Waals surface area contributed by atoms with Gasteiger partial charge in [0.15, 0.2) is 5.43 Å². The maximum Gasteiger partial charge on any atom is 0.407 e. The van der Waals surface area contributed by atoms with Gasteiger partial charge in [0.05, 0.1) is 5.39 Å². The molecule has 0 saturated heterocycles. The van der Waals surface area contributed by atoms with Crippen LogP contribution in [0.5, 0.6) is 0 Å². The van der Waals surface area contributed by atoms with Crippen LogP contribution in [0.1, 0.15) is 27.8 Å². The van der Waals surface area contributed by atoms with Crippen molar-refractivity contribution in [3.05, 3.63) is 81.7 Å². The Balaban J connectivity index is 1.61. The molecule has 0 aliphatic heterocycles. The summed E-state index contributed by atoms with van der Waals surface area (Å²) in [6.45, 7) is -0.233. The van der Waals surface area contributed by atoms with Gasteiger partial charge in [-0.05, 0) is 23.3 Å². The van der Waals surface area contributed by atoms with Crippen molar-refractivity contribution >= 4 is 23.0 Å². The van der Waals surface area contributed by atoms with Crippen LogP contribution in [0.15, 0.2) is 63.8 Å². The predicted octanol–water partition coefficient (Wildman–Crippen LogP) is 1.81. The largest absolute Gasteiger partial charge is 0.475 e. The SMILES string of the molecule is O=C(NCC(O)C(O)c1ccc2oc(C(=O)O)cc(=O)c2c1)OCc1ccccc1. The van der Waals surface area contributed by atoms with Crippen molar-refractivity contribution in [3.63, 3.8) is 0 Å². The summed E-state index contributed by atoms with van der Waals surface area (Å²) >= 11 is 0. The van der Waals surface area contributed by atoms with Crippen LogP contribution in [0.3, 0.4) is 0 Å². The van der Waals surface area contributed by atoms with Gasteiger partial charge in [0.2, 0.25) is 5.76 Å². The van der Waals surface area contributed by atoms with E-state index < -0.39 is 35.5 Å². The zero-order valence-electron chi connectivity index (χ0n) is 15.6. The Morgan fingerprint density at radius 1 is 1.07 bits per heavy atom. The number of benzene rings is 2. The molecule has 1 heterocycles. The quantitative estimate of drug-likeness (QED) is 0.459. The number of aliphatic hydroxyl groups is 2. The van der Waals surface area contributed by atoms with E-state index in [1.165, 1.54) is 18.2 Å². The van der Waals surface area contributed by atoms with Gasteiger partial charge in [-0.15, -0.1) is 0 Å². The van der Waals surface area contributed by atoms with Crippen molar-refractivity contribution in [2.24, 2.45) is 0 Å². The molecule has 0 spiro atoms. The zero-order valence-corrected chi connectivity index (χ0v) is 15.6. The van der Waals surface area contributed by atoms with Crippen LogP contribution in [-0.2, 0) is 11.3 Å². The lowest BCUT2D eigenvalue weighted by atomic mass is 10.0. The monoisotopic (exact) mass is 413 g/mol. The second-order valence-corrected chi connectivity index (χ2v) is 6.49. The van der Waals surface area contributed by atoms with Crippen LogP contribution in [0.25, 0.3) is 11.0 Å². The average molecular weight is 413 g/mol. The summed E-state index contributed by atoms with van der Waals surface area (Å²) in [5.74, 6) is -1.88. The third-order valence-corrected chi connectivity index (χ3v) is 4.34. The summed E-state index contributed by atoms with van der Waals surface area (Å²) in [5.41, 5.74) is 0.437. The van der Waals surface area contributed by atoms with Gasteiger partial charge in [0.25, 0.3) is 0 Å². The first-order valence-electron chi connectivity index (χ1n) is 8.97. The number of nitrogens with one attached hydrogen (secondary N) is 1. The van der Waals surface area contributed by atoms with Crippen molar-refractivity contribution in [3.8, 4) is 0 Å². The number of rotatable bonds is 7. The number of carboxylic acids is 1. The molecule has 2 unspecified atom stereocenters. The number of carbonyl (C=O) groups excluding carboxylic acids is 1. The molecule has 0 radical (unpaired) electrons. The molecule has 1 amide bonds. The molecule has 1 aromatic heterocycles. The molecule has 0 aliphatic carbocycles. The number of fused-ring (bicyclic) bond motifs is 1. The van der Waals surface area contributed by atoms with Crippen LogP contribution < -0.4 is 10.7 Å². The van der Waals surface area contributed by atoms with Gasteiger partial charge in [0.1, 0.15) is 24.4 Å². The van der Waals surface area contributed by atoms with Gasteiger partial charge >= 0.3 is 12.1 Å². The maximum atomic E-state index is 12.1. The van der Waals surface area contributed by atoms with Crippen molar-refractivity contribution < 1.29 is 34.1 Å². The molecular formula is C21H19NO8. The number of amides is 1. The molecular weight excluding hydrogens is 394 g/mol. The Kier molecular flexibility index (Phi) is 6.45. The van der Waals surface area contributed by atoms with Gasteiger partial charge in [-0.1, -0.05) is 36.4 Å². The average Bonchev–Trinajstić information content (AvgIpc) is 2.75. The number of aliphatic hydroxyl groups excluding tert-OH is 2. The lowest BCUT2D eigenvalue weighted by molar-refractivity contribution is 0.0184. The molecule has 3 aromatic rings. The summed E-state index contributed by atoms with van der Waals surface area (Å²) in [6, 6.07) is 13.9. The van der Waals surface area contributed by atoms with Crippen LogP contribution >= 0.6 is 0 Å². The molecule has 3 rings (SSSR count). The summed E-state index contributed by atoms with van der Waals surface area (Å²) < 4.78 is 10.1. The maximum absolute atomic E-state index is 12.1. The highest BCUT2D eigenvalue weighted by atomic mass is 16.5. The molecule has 0 saturated carbocycles. The van der Waals surface area contributed by atoms with E-state index in [9.17, 15) is 24.6 Å². The van der Waals surface area contributed by atoms with Crippen LogP contribution in [0, 0.1) is 0 Å². The highest BCUT2D eigenvalue weighted by Gasteiger charge is 2.21. The number of carboxylic acid groups (broad SMARTS) is 1.